The minimum absolute atomic E-state index is 0.210. The van der Waals surface area contributed by atoms with Gasteiger partial charge in [0.25, 0.3) is 5.91 Å². The maximum atomic E-state index is 12.3. The SMILES string of the molecule is Cc1c(Cl)cccc1NC(=O)c1cc(-c2ccc(Br)cc2)on1. The van der Waals surface area contributed by atoms with Gasteiger partial charge in [0.1, 0.15) is 0 Å². The minimum atomic E-state index is -0.345. The number of hydrogen-bond acceptors (Lipinski definition) is 3. The maximum Gasteiger partial charge on any atom is 0.277 e. The summed E-state index contributed by atoms with van der Waals surface area (Å²) < 4.78 is 6.22. The number of anilines is 1. The topological polar surface area (TPSA) is 55.1 Å². The molecule has 0 bridgehead atoms. The van der Waals surface area contributed by atoms with Gasteiger partial charge in [0.2, 0.25) is 0 Å². The molecule has 0 aliphatic rings. The summed E-state index contributed by atoms with van der Waals surface area (Å²) in [5, 5.41) is 7.22. The van der Waals surface area contributed by atoms with Crippen molar-refractivity contribution in [2.24, 2.45) is 0 Å². The molecule has 0 aliphatic carbocycles. The zero-order valence-corrected chi connectivity index (χ0v) is 14.5. The Bertz CT molecular complexity index is 859. The zero-order valence-electron chi connectivity index (χ0n) is 12.1. The first kappa shape index (κ1) is 15.8. The lowest BCUT2D eigenvalue weighted by Crippen LogP contribution is -2.13. The molecule has 0 radical (unpaired) electrons. The summed E-state index contributed by atoms with van der Waals surface area (Å²) in [7, 11) is 0. The van der Waals surface area contributed by atoms with Crippen LogP contribution in [0.5, 0.6) is 0 Å². The minimum Gasteiger partial charge on any atom is -0.355 e. The molecule has 23 heavy (non-hydrogen) atoms. The Morgan fingerprint density at radius 3 is 2.70 bits per heavy atom. The maximum absolute atomic E-state index is 12.3. The molecular formula is C17H12BrClN2O2. The van der Waals surface area contributed by atoms with E-state index >= 15 is 0 Å². The van der Waals surface area contributed by atoms with Crippen molar-refractivity contribution in [3.8, 4) is 11.3 Å². The average molecular weight is 392 g/mol. The highest BCUT2D eigenvalue weighted by atomic mass is 79.9. The van der Waals surface area contributed by atoms with Crippen molar-refractivity contribution in [2.75, 3.05) is 5.32 Å². The molecular weight excluding hydrogens is 380 g/mol. The summed E-state index contributed by atoms with van der Waals surface area (Å²) in [4.78, 5) is 12.3. The number of amides is 1. The zero-order chi connectivity index (χ0) is 16.4. The Morgan fingerprint density at radius 2 is 1.96 bits per heavy atom. The van der Waals surface area contributed by atoms with Gasteiger partial charge in [-0.15, -0.1) is 0 Å². The second-order valence-electron chi connectivity index (χ2n) is 4.95. The van der Waals surface area contributed by atoms with Crippen molar-refractivity contribution < 1.29 is 9.32 Å². The average Bonchev–Trinajstić information content (AvgIpc) is 3.02. The van der Waals surface area contributed by atoms with Gasteiger partial charge in [-0.3, -0.25) is 4.79 Å². The molecule has 1 N–H and O–H groups in total. The number of carbonyl (C=O) groups is 1. The number of rotatable bonds is 3. The van der Waals surface area contributed by atoms with Crippen LogP contribution in [0, 0.1) is 6.92 Å². The molecule has 0 spiro atoms. The third kappa shape index (κ3) is 3.46. The van der Waals surface area contributed by atoms with Gasteiger partial charge >= 0.3 is 0 Å². The van der Waals surface area contributed by atoms with E-state index in [0.717, 1.165) is 15.6 Å². The van der Waals surface area contributed by atoms with E-state index in [-0.39, 0.29) is 11.6 Å². The molecule has 0 saturated carbocycles. The normalized spacial score (nSPS) is 10.6. The van der Waals surface area contributed by atoms with Gasteiger partial charge in [0.15, 0.2) is 11.5 Å². The van der Waals surface area contributed by atoms with Crippen LogP contribution in [0.2, 0.25) is 5.02 Å². The molecule has 1 amide bonds. The quantitative estimate of drug-likeness (QED) is 0.657. The van der Waals surface area contributed by atoms with E-state index < -0.39 is 0 Å². The van der Waals surface area contributed by atoms with Crippen LogP contribution in [-0.4, -0.2) is 11.1 Å². The van der Waals surface area contributed by atoms with Gasteiger partial charge in [-0.2, -0.15) is 0 Å². The number of hydrogen-bond donors (Lipinski definition) is 1. The fraction of sp³-hybridized carbons (Fsp3) is 0.0588. The van der Waals surface area contributed by atoms with Crippen LogP contribution >= 0.6 is 27.5 Å². The second-order valence-corrected chi connectivity index (χ2v) is 6.27. The molecule has 1 aromatic heterocycles. The molecule has 2 aromatic carbocycles. The monoisotopic (exact) mass is 390 g/mol. The van der Waals surface area contributed by atoms with Crippen LogP contribution in [0.1, 0.15) is 16.1 Å². The van der Waals surface area contributed by atoms with Gasteiger partial charge in [0, 0.05) is 26.8 Å². The number of nitrogens with one attached hydrogen (secondary N) is 1. The first-order chi connectivity index (χ1) is 11.0. The fourth-order valence-corrected chi connectivity index (χ4v) is 2.50. The van der Waals surface area contributed by atoms with Crippen LogP contribution in [0.25, 0.3) is 11.3 Å². The molecule has 3 aromatic rings. The van der Waals surface area contributed by atoms with Crippen molar-refractivity contribution in [3.05, 3.63) is 69.3 Å². The Labute approximate surface area is 146 Å². The molecule has 0 fully saturated rings. The Kier molecular flexibility index (Phi) is 4.50. The predicted octanol–water partition coefficient (Wildman–Crippen LogP) is 5.32. The molecule has 0 atom stereocenters. The smallest absolute Gasteiger partial charge is 0.277 e. The van der Waals surface area contributed by atoms with Crippen molar-refractivity contribution in [1.29, 1.82) is 0 Å². The number of benzene rings is 2. The molecule has 4 nitrogen and oxygen atoms in total. The van der Waals surface area contributed by atoms with Gasteiger partial charge in [0.05, 0.1) is 0 Å². The predicted molar refractivity (Wildman–Crippen MR) is 93.8 cm³/mol. The Balaban J connectivity index is 1.81. The van der Waals surface area contributed by atoms with Gasteiger partial charge < -0.3 is 9.84 Å². The lowest BCUT2D eigenvalue weighted by molar-refractivity contribution is 0.101. The highest BCUT2D eigenvalue weighted by Crippen LogP contribution is 2.25. The summed E-state index contributed by atoms with van der Waals surface area (Å²) in [6.45, 7) is 1.84. The number of halogens is 2. The van der Waals surface area contributed by atoms with E-state index in [2.05, 4.69) is 26.4 Å². The summed E-state index contributed by atoms with van der Waals surface area (Å²) >= 11 is 9.43. The highest BCUT2D eigenvalue weighted by Gasteiger charge is 2.15. The van der Waals surface area contributed by atoms with Gasteiger partial charge in [-0.05, 0) is 36.8 Å². The highest BCUT2D eigenvalue weighted by molar-refractivity contribution is 9.10. The van der Waals surface area contributed by atoms with E-state index in [0.29, 0.717) is 16.5 Å². The summed E-state index contributed by atoms with van der Waals surface area (Å²) in [6, 6.07) is 14.5. The van der Waals surface area contributed by atoms with Gasteiger partial charge in [-0.1, -0.05) is 50.9 Å². The number of nitrogens with zero attached hydrogens (tertiary/aromatic N) is 1. The molecule has 0 aliphatic heterocycles. The molecule has 0 unspecified atom stereocenters. The van der Waals surface area contributed by atoms with E-state index in [9.17, 15) is 4.79 Å². The third-order valence-corrected chi connectivity index (χ3v) is 4.33. The number of aromatic nitrogens is 1. The van der Waals surface area contributed by atoms with E-state index in [4.69, 9.17) is 16.1 Å². The fourth-order valence-electron chi connectivity index (χ4n) is 2.06. The molecule has 0 saturated heterocycles. The summed E-state index contributed by atoms with van der Waals surface area (Å²) in [5.74, 6) is 0.188. The Morgan fingerprint density at radius 1 is 1.22 bits per heavy atom. The molecule has 6 heteroatoms. The second kappa shape index (κ2) is 6.56. The van der Waals surface area contributed by atoms with Crippen LogP contribution < -0.4 is 5.32 Å². The summed E-state index contributed by atoms with van der Waals surface area (Å²) in [6.07, 6.45) is 0. The van der Waals surface area contributed by atoms with E-state index in [1.165, 1.54) is 0 Å². The summed E-state index contributed by atoms with van der Waals surface area (Å²) in [5.41, 5.74) is 2.51. The lowest BCUT2D eigenvalue weighted by Gasteiger charge is -2.07. The van der Waals surface area contributed by atoms with E-state index in [1.54, 1.807) is 24.3 Å². The van der Waals surface area contributed by atoms with Gasteiger partial charge in [-0.25, -0.2) is 0 Å². The van der Waals surface area contributed by atoms with Crippen LogP contribution in [0.4, 0.5) is 5.69 Å². The first-order valence-electron chi connectivity index (χ1n) is 6.84. The van der Waals surface area contributed by atoms with E-state index in [1.807, 2.05) is 31.2 Å². The lowest BCUT2D eigenvalue weighted by atomic mass is 10.1. The molecule has 3 rings (SSSR count). The van der Waals surface area contributed by atoms with Crippen LogP contribution in [-0.2, 0) is 0 Å². The van der Waals surface area contributed by atoms with Crippen molar-refractivity contribution in [2.45, 2.75) is 6.92 Å². The largest absolute Gasteiger partial charge is 0.355 e. The van der Waals surface area contributed by atoms with Crippen molar-refractivity contribution in [1.82, 2.24) is 5.16 Å². The standard InChI is InChI=1S/C17H12BrClN2O2/c1-10-13(19)3-2-4-14(10)20-17(22)15-9-16(23-21-15)11-5-7-12(18)8-6-11/h2-9H,1H3,(H,20,22). The Hall–Kier alpha value is -2.11. The first-order valence-corrected chi connectivity index (χ1v) is 8.01. The van der Waals surface area contributed by atoms with Crippen molar-refractivity contribution in [3.63, 3.8) is 0 Å². The third-order valence-electron chi connectivity index (χ3n) is 3.39. The van der Waals surface area contributed by atoms with Crippen LogP contribution in [0.15, 0.2) is 57.5 Å². The van der Waals surface area contributed by atoms with Crippen molar-refractivity contribution >= 4 is 39.1 Å². The number of carbonyl (C=O) groups excluding carboxylic acids is 1. The molecule has 116 valence electrons. The molecule has 1 heterocycles. The van der Waals surface area contributed by atoms with Crippen LogP contribution in [0.3, 0.4) is 0 Å².